The predicted octanol–water partition coefficient (Wildman–Crippen LogP) is 3.55. The Morgan fingerprint density at radius 2 is 1.74 bits per heavy atom. The molecule has 2 atom stereocenters. The van der Waals surface area contributed by atoms with E-state index in [0.717, 1.165) is 0 Å². The quantitative estimate of drug-likeness (QED) is 0.602. The van der Waals surface area contributed by atoms with Gasteiger partial charge in [-0.15, -0.1) is 11.1 Å². The molecule has 2 heteroatoms. The van der Waals surface area contributed by atoms with E-state index in [9.17, 15) is 0 Å². The Hall–Kier alpha value is -0.886. The number of fused-ring (bicyclic) bond motifs is 3. The third-order valence-corrected chi connectivity index (χ3v) is 4.08. The monoisotopic (exact) mass is 284 g/mol. The smallest absolute Gasteiger partial charge is 0.0150 e. The summed E-state index contributed by atoms with van der Waals surface area (Å²) in [4.78, 5) is 2.29. The van der Waals surface area contributed by atoms with Gasteiger partial charge in [0.25, 0.3) is 0 Å². The summed E-state index contributed by atoms with van der Waals surface area (Å²) in [7, 11) is 4.29. The first-order valence-electron chi connectivity index (χ1n) is 6.46. The van der Waals surface area contributed by atoms with Crippen LogP contribution in [0, 0.1) is 6.07 Å². The van der Waals surface area contributed by atoms with Crippen LogP contribution in [-0.4, -0.2) is 25.0 Å². The van der Waals surface area contributed by atoms with Crippen molar-refractivity contribution in [2.24, 2.45) is 0 Å². The second-order valence-electron chi connectivity index (χ2n) is 5.27. The van der Waals surface area contributed by atoms with Crippen LogP contribution in [-0.2, 0) is 21.7 Å². The van der Waals surface area contributed by atoms with Crippen molar-refractivity contribution in [3.8, 4) is 11.1 Å². The minimum Gasteiger partial charge on any atom is -0.306 e. The Balaban J connectivity index is 0.00000133. The van der Waals surface area contributed by atoms with E-state index in [-0.39, 0.29) is 21.7 Å². The van der Waals surface area contributed by atoms with Gasteiger partial charge in [-0.3, -0.25) is 0 Å². The van der Waals surface area contributed by atoms with Gasteiger partial charge in [0.15, 0.2) is 0 Å². The molecule has 0 fully saturated rings. The van der Waals surface area contributed by atoms with Crippen molar-refractivity contribution in [2.45, 2.75) is 18.9 Å². The van der Waals surface area contributed by atoms with Gasteiger partial charge in [-0.25, -0.2) is 0 Å². The van der Waals surface area contributed by atoms with Crippen molar-refractivity contribution < 1.29 is 21.7 Å². The molecule has 3 rings (SSSR count). The normalized spacial score (nSPS) is 17.6. The standard InChI is InChI=1S/C17H18N.Ti/c1-12(18(2)3)17-15-10-6-4-8-13(15)14-9-5-7-11-16(14)17;/h4-10,12,17H,1-3H3;/q-1;. The largest absolute Gasteiger partial charge is 0.306 e. The maximum Gasteiger partial charge on any atom is 0.0150 e. The number of hydrogen-bond acceptors (Lipinski definition) is 1. The third kappa shape index (κ3) is 2.31. The molecule has 1 aliphatic carbocycles. The number of benzene rings is 2. The third-order valence-electron chi connectivity index (χ3n) is 4.08. The molecule has 1 nitrogen and oxygen atoms in total. The zero-order valence-electron chi connectivity index (χ0n) is 11.6. The fraction of sp³-hybridized carbons (Fsp3) is 0.294. The summed E-state index contributed by atoms with van der Waals surface area (Å²) in [6.07, 6.45) is 0. The van der Waals surface area contributed by atoms with Gasteiger partial charge < -0.3 is 4.90 Å². The summed E-state index contributed by atoms with van der Waals surface area (Å²) in [6, 6.07) is 19.0. The molecule has 0 aliphatic heterocycles. The van der Waals surface area contributed by atoms with Crippen molar-refractivity contribution in [1.29, 1.82) is 0 Å². The molecule has 2 aromatic rings. The van der Waals surface area contributed by atoms with Crippen LogP contribution in [0.1, 0.15) is 24.0 Å². The number of rotatable bonds is 2. The topological polar surface area (TPSA) is 3.24 Å². The Kier molecular flexibility index (Phi) is 4.30. The molecule has 0 bridgehead atoms. The molecular weight excluding hydrogens is 266 g/mol. The molecule has 2 unspecified atom stereocenters. The zero-order valence-corrected chi connectivity index (χ0v) is 13.2. The molecule has 0 saturated carbocycles. The van der Waals surface area contributed by atoms with Gasteiger partial charge in [0.05, 0.1) is 0 Å². The molecule has 0 spiro atoms. The number of nitrogens with zero attached hydrogens (tertiary/aromatic N) is 1. The molecule has 1 aliphatic rings. The first-order valence-corrected chi connectivity index (χ1v) is 6.46. The van der Waals surface area contributed by atoms with E-state index in [0.29, 0.717) is 12.0 Å². The van der Waals surface area contributed by atoms with Crippen LogP contribution in [0.4, 0.5) is 0 Å². The van der Waals surface area contributed by atoms with Crippen LogP contribution < -0.4 is 0 Å². The first kappa shape index (κ1) is 14.5. The molecule has 19 heavy (non-hydrogen) atoms. The van der Waals surface area contributed by atoms with E-state index >= 15 is 0 Å². The molecule has 0 N–H and O–H groups in total. The van der Waals surface area contributed by atoms with Gasteiger partial charge >= 0.3 is 0 Å². The van der Waals surface area contributed by atoms with Gasteiger partial charge in [0, 0.05) is 33.7 Å². The maximum atomic E-state index is 3.46. The molecule has 96 valence electrons. The van der Waals surface area contributed by atoms with E-state index < -0.39 is 0 Å². The summed E-state index contributed by atoms with van der Waals surface area (Å²) in [5.74, 6) is 0.437. The van der Waals surface area contributed by atoms with Gasteiger partial charge in [0.2, 0.25) is 0 Å². The van der Waals surface area contributed by atoms with Crippen molar-refractivity contribution in [1.82, 2.24) is 4.90 Å². The molecule has 2 aromatic carbocycles. The molecular formula is C17H18NTi-. The summed E-state index contributed by atoms with van der Waals surface area (Å²) in [5.41, 5.74) is 5.52. The predicted molar refractivity (Wildman–Crippen MR) is 75.7 cm³/mol. The van der Waals surface area contributed by atoms with Crippen LogP contribution in [0.3, 0.4) is 0 Å². The SMILES string of the molecule is CC(C1c2[c-]cccc2-c2ccccc21)N(C)C.[Ti]. The molecule has 0 aromatic heterocycles. The van der Waals surface area contributed by atoms with E-state index in [2.05, 4.69) is 68.4 Å². The average molecular weight is 284 g/mol. The van der Waals surface area contributed by atoms with Gasteiger partial charge in [-0.2, -0.15) is 24.3 Å². The fourth-order valence-corrected chi connectivity index (χ4v) is 2.91. The summed E-state index contributed by atoms with van der Waals surface area (Å²) in [6.45, 7) is 2.29. The van der Waals surface area contributed by atoms with Crippen molar-refractivity contribution in [3.63, 3.8) is 0 Å². The Morgan fingerprint density at radius 3 is 2.47 bits per heavy atom. The van der Waals surface area contributed by atoms with Gasteiger partial charge in [-0.1, -0.05) is 29.8 Å². The molecule has 0 saturated heterocycles. The Bertz CT molecular complexity index is 531. The minimum absolute atomic E-state index is 0. The van der Waals surface area contributed by atoms with Gasteiger partial charge in [0.1, 0.15) is 0 Å². The van der Waals surface area contributed by atoms with E-state index in [4.69, 9.17) is 0 Å². The second-order valence-corrected chi connectivity index (χ2v) is 5.27. The summed E-state index contributed by atoms with van der Waals surface area (Å²) in [5, 5.41) is 0. The van der Waals surface area contributed by atoms with Gasteiger partial charge in [-0.05, 0) is 26.6 Å². The fourth-order valence-electron chi connectivity index (χ4n) is 2.91. The van der Waals surface area contributed by atoms with Crippen molar-refractivity contribution >= 4 is 0 Å². The van der Waals surface area contributed by atoms with Crippen LogP contribution in [0.15, 0.2) is 42.5 Å². The average Bonchev–Trinajstić information content (AvgIpc) is 2.72. The van der Waals surface area contributed by atoms with E-state index in [1.807, 2.05) is 6.07 Å². The van der Waals surface area contributed by atoms with E-state index in [1.54, 1.807) is 0 Å². The molecule has 0 heterocycles. The van der Waals surface area contributed by atoms with Crippen LogP contribution in [0.25, 0.3) is 11.1 Å². The van der Waals surface area contributed by atoms with Crippen LogP contribution >= 0.6 is 0 Å². The first-order chi connectivity index (χ1) is 8.70. The summed E-state index contributed by atoms with van der Waals surface area (Å²) >= 11 is 0. The number of likely N-dealkylation sites (N-methyl/N-ethyl adjacent to an activating group) is 1. The van der Waals surface area contributed by atoms with Crippen LogP contribution in [0.2, 0.25) is 0 Å². The Morgan fingerprint density at radius 1 is 1.05 bits per heavy atom. The summed E-state index contributed by atoms with van der Waals surface area (Å²) < 4.78 is 0. The van der Waals surface area contributed by atoms with Crippen LogP contribution in [0.5, 0.6) is 0 Å². The van der Waals surface area contributed by atoms with Crippen molar-refractivity contribution in [2.75, 3.05) is 14.1 Å². The molecule has 0 amide bonds. The number of hydrogen-bond donors (Lipinski definition) is 0. The Labute approximate surface area is 130 Å². The molecule has 0 radical (unpaired) electrons. The second kappa shape index (κ2) is 5.62. The maximum absolute atomic E-state index is 3.46. The van der Waals surface area contributed by atoms with E-state index in [1.165, 1.54) is 22.3 Å². The zero-order chi connectivity index (χ0) is 12.7. The minimum atomic E-state index is 0. The van der Waals surface area contributed by atoms with Crippen molar-refractivity contribution in [3.05, 3.63) is 59.7 Å².